The second-order valence-electron chi connectivity index (χ2n) is 11.7. The number of hydrogen-bond donors (Lipinski definition) is 6. The summed E-state index contributed by atoms with van der Waals surface area (Å²) in [5, 5.41) is 48.6. The summed E-state index contributed by atoms with van der Waals surface area (Å²) in [6, 6.07) is 0.460. The highest BCUT2D eigenvalue weighted by atomic mass is 16.3. The molecule has 0 aromatic heterocycles. The highest BCUT2D eigenvalue weighted by Crippen LogP contribution is 2.54. The van der Waals surface area contributed by atoms with Gasteiger partial charge in [-0.1, -0.05) is 0 Å². The maximum absolute atomic E-state index is 14.0. The lowest BCUT2D eigenvalue weighted by atomic mass is 9.57. The number of nitrogens with zero attached hydrogens (tertiary/aromatic N) is 2. The van der Waals surface area contributed by atoms with Crippen molar-refractivity contribution >= 4 is 28.9 Å². The fourth-order valence-electron chi connectivity index (χ4n) is 6.79. The molecule has 39 heavy (non-hydrogen) atoms. The van der Waals surface area contributed by atoms with Gasteiger partial charge in [-0.05, 0) is 75.4 Å². The van der Waals surface area contributed by atoms with Crippen molar-refractivity contribution in [2.45, 2.75) is 43.9 Å². The Kier molecular flexibility index (Phi) is 6.52. The number of nitrogens with two attached hydrogens (primary N) is 1. The second-order valence-corrected chi connectivity index (χ2v) is 11.7. The summed E-state index contributed by atoms with van der Waals surface area (Å²) in [6.07, 6.45) is 2.72. The molecule has 0 unspecified atom stereocenters. The molecular weight excluding hydrogens is 504 g/mol. The number of aliphatic hydroxyl groups is 3. The number of likely N-dealkylation sites (N-methyl/N-ethyl adjacent to an activating group) is 1. The molecule has 210 valence electrons. The number of benzene rings is 1. The highest BCUT2D eigenvalue weighted by molar-refractivity contribution is 6.24. The van der Waals surface area contributed by atoms with Crippen LogP contribution in [0.3, 0.4) is 0 Å². The van der Waals surface area contributed by atoms with Crippen molar-refractivity contribution in [2.75, 3.05) is 39.6 Å². The lowest BCUT2D eigenvalue weighted by Gasteiger charge is -2.50. The molecule has 5 rings (SSSR count). The van der Waals surface area contributed by atoms with Crippen molar-refractivity contribution in [2.24, 2.45) is 23.5 Å². The van der Waals surface area contributed by atoms with Crippen molar-refractivity contribution in [1.82, 2.24) is 10.2 Å². The zero-order chi connectivity index (χ0) is 28.5. The molecule has 2 saturated carbocycles. The van der Waals surface area contributed by atoms with Crippen molar-refractivity contribution in [3.63, 3.8) is 0 Å². The van der Waals surface area contributed by atoms with Gasteiger partial charge in [0.05, 0.1) is 11.6 Å². The number of aliphatic hydroxyl groups excluding tert-OH is 2. The molecule has 1 amide bonds. The Morgan fingerprint density at radius 1 is 1.15 bits per heavy atom. The van der Waals surface area contributed by atoms with Gasteiger partial charge < -0.3 is 36.4 Å². The summed E-state index contributed by atoms with van der Waals surface area (Å²) in [4.78, 5) is 42.7. The molecule has 0 spiro atoms. The van der Waals surface area contributed by atoms with Gasteiger partial charge in [-0.25, -0.2) is 0 Å². The predicted molar refractivity (Wildman–Crippen MR) is 143 cm³/mol. The number of phenols is 1. The van der Waals surface area contributed by atoms with Crippen LogP contribution in [0.2, 0.25) is 0 Å². The van der Waals surface area contributed by atoms with Crippen LogP contribution in [-0.4, -0.2) is 89.2 Å². The first kappa shape index (κ1) is 27.2. The molecular formula is C28H36N4O7. The largest absolute Gasteiger partial charge is 0.508 e. The average Bonchev–Trinajstić information content (AvgIpc) is 3.65. The van der Waals surface area contributed by atoms with Crippen LogP contribution in [0.4, 0.5) is 5.69 Å². The van der Waals surface area contributed by atoms with E-state index in [1.807, 2.05) is 19.0 Å². The molecule has 0 radical (unpaired) electrons. The van der Waals surface area contributed by atoms with Crippen LogP contribution in [0.1, 0.15) is 36.0 Å². The normalized spacial score (nSPS) is 28.4. The summed E-state index contributed by atoms with van der Waals surface area (Å²) >= 11 is 0. The van der Waals surface area contributed by atoms with Gasteiger partial charge >= 0.3 is 0 Å². The molecule has 11 heteroatoms. The van der Waals surface area contributed by atoms with Gasteiger partial charge in [0.15, 0.2) is 11.4 Å². The number of carbonyl (C=O) groups excluding carboxylic acids is 3. The molecule has 11 nitrogen and oxygen atoms in total. The number of fused-ring (bicyclic) bond motifs is 3. The summed E-state index contributed by atoms with van der Waals surface area (Å²) in [5.74, 6) is -5.85. The van der Waals surface area contributed by atoms with Crippen molar-refractivity contribution in [3.8, 4) is 5.75 Å². The summed E-state index contributed by atoms with van der Waals surface area (Å²) in [5.41, 5.74) is 4.17. The van der Waals surface area contributed by atoms with Crippen LogP contribution >= 0.6 is 0 Å². The first-order valence-corrected chi connectivity index (χ1v) is 13.2. The van der Waals surface area contributed by atoms with E-state index in [-0.39, 0.29) is 29.7 Å². The number of ketones is 2. The minimum atomic E-state index is -2.64. The predicted octanol–water partition coefficient (Wildman–Crippen LogP) is 0.530. The number of rotatable bonds is 7. The summed E-state index contributed by atoms with van der Waals surface area (Å²) in [7, 11) is 6.90. The van der Waals surface area contributed by atoms with Crippen LogP contribution < -0.4 is 16.0 Å². The van der Waals surface area contributed by atoms with E-state index in [1.165, 1.54) is 17.7 Å². The van der Waals surface area contributed by atoms with Crippen LogP contribution in [0.25, 0.3) is 5.76 Å². The van der Waals surface area contributed by atoms with Gasteiger partial charge in [0.25, 0.3) is 5.91 Å². The zero-order valence-electron chi connectivity index (χ0n) is 22.6. The molecule has 7 N–H and O–H groups in total. The average molecular weight is 541 g/mol. The summed E-state index contributed by atoms with van der Waals surface area (Å²) in [6.45, 7) is 1.39. The Morgan fingerprint density at radius 2 is 1.82 bits per heavy atom. The number of amides is 1. The van der Waals surface area contributed by atoms with Crippen LogP contribution in [0, 0.1) is 17.8 Å². The Hall–Kier alpha value is -3.41. The monoisotopic (exact) mass is 540 g/mol. The number of anilines is 1. The molecule has 0 saturated heterocycles. The van der Waals surface area contributed by atoms with E-state index in [4.69, 9.17) is 5.73 Å². The second kappa shape index (κ2) is 9.35. The maximum atomic E-state index is 14.0. The van der Waals surface area contributed by atoms with Crippen molar-refractivity contribution in [1.29, 1.82) is 0 Å². The first-order valence-electron chi connectivity index (χ1n) is 13.2. The first-order chi connectivity index (χ1) is 18.3. The maximum Gasteiger partial charge on any atom is 0.255 e. The Balaban J connectivity index is 1.66. The minimum absolute atomic E-state index is 0.0591. The zero-order valence-corrected chi connectivity index (χ0v) is 22.6. The summed E-state index contributed by atoms with van der Waals surface area (Å²) < 4.78 is 0. The Morgan fingerprint density at radius 3 is 2.38 bits per heavy atom. The SMILES string of the molecule is CN(C)c1c(CNCC2CC2)cc(O)c2c1C[C@H]1C[C@H]3[C@H](N(C)C)C(=O)C(C(N)=O)=C(O)[C@@]3(O)C(=O)C1=C2O. The van der Waals surface area contributed by atoms with Gasteiger partial charge in [-0.2, -0.15) is 0 Å². The van der Waals surface area contributed by atoms with Crippen molar-refractivity contribution < 1.29 is 34.8 Å². The molecule has 1 aromatic carbocycles. The van der Waals surface area contributed by atoms with Gasteiger partial charge in [-0.15, -0.1) is 0 Å². The third-order valence-corrected chi connectivity index (χ3v) is 8.66. The smallest absolute Gasteiger partial charge is 0.255 e. The number of hydrogen-bond acceptors (Lipinski definition) is 10. The molecule has 1 aromatic rings. The van der Waals surface area contributed by atoms with Gasteiger partial charge in [-0.3, -0.25) is 19.3 Å². The van der Waals surface area contributed by atoms with E-state index >= 15 is 0 Å². The van der Waals surface area contributed by atoms with E-state index in [0.717, 1.165) is 17.8 Å². The molecule has 0 heterocycles. The quantitative estimate of drug-likeness (QED) is 0.267. The number of aromatic hydroxyl groups is 1. The molecule has 4 aliphatic carbocycles. The molecule has 0 aliphatic heterocycles. The van der Waals surface area contributed by atoms with Crippen LogP contribution in [-0.2, 0) is 27.3 Å². The number of Topliss-reactive ketones (excluding diaryl/α,β-unsaturated/α-hetero) is 2. The fourth-order valence-corrected chi connectivity index (χ4v) is 6.79. The van der Waals surface area contributed by atoms with E-state index in [9.17, 15) is 34.8 Å². The fraction of sp³-hybridized carbons (Fsp3) is 0.536. The third kappa shape index (κ3) is 4.02. The van der Waals surface area contributed by atoms with Gasteiger partial charge in [0, 0.05) is 37.8 Å². The Labute approximate surface area is 226 Å². The van der Waals surface area contributed by atoms with E-state index in [1.54, 1.807) is 20.2 Å². The lowest BCUT2D eigenvalue weighted by molar-refractivity contribution is -0.153. The minimum Gasteiger partial charge on any atom is -0.508 e. The molecule has 4 atom stereocenters. The highest BCUT2D eigenvalue weighted by Gasteiger charge is 2.64. The molecule has 0 bridgehead atoms. The molecule has 4 aliphatic rings. The van der Waals surface area contributed by atoms with Crippen molar-refractivity contribution in [3.05, 3.63) is 39.7 Å². The standard InChI is InChI=1S/C28H36N4O7/c1-31(2)21-14(11-30-10-12-5-6-12)9-17(33)19-15(21)7-13-8-16-22(32(3)4)24(35)20(27(29)38)26(37)28(16,39)25(36)18(13)23(19)34/h9,12-13,16,22,30,33-34,37,39H,5-8,10-11H2,1-4H3,(H2,29,38)/t13-,16-,22-,28-/m0/s1. The van der Waals surface area contributed by atoms with E-state index in [2.05, 4.69) is 5.32 Å². The molecule has 2 fully saturated rings. The third-order valence-electron chi connectivity index (χ3n) is 8.66. The topological polar surface area (TPSA) is 177 Å². The Bertz CT molecular complexity index is 1340. The lowest BCUT2D eigenvalue weighted by Crippen LogP contribution is -2.65. The van der Waals surface area contributed by atoms with E-state index in [0.29, 0.717) is 18.0 Å². The van der Waals surface area contributed by atoms with Crippen LogP contribution in [0.5, 0.6) is 5.75 Å². The van der Waals surface area contributed by atoms with E-state index < -0.39 is 58.0 Å². The number of carbonyl (C=O) groups is 3. The van der Waals surface area contributed by atoms with Gasteiger partial charge in [0.2, 0.25) is 5.78 Å². The van der Waals surface area contributed by atoms with Crippen LogP contribution in [0.15, 0.2) is 23.0 Å². The van der Waals surface area contributed by atoms with Gasteiger partial charge in [0.1, 0.15) is 22.8 Å². The number of primary amides is 1. The number of nitrogens with one attached hydrogen (secondary N) is 1. The number of phenolic OH excluding ortho intramolecular Hbond substituents is 1.